The van der Waals surface area contributed by atoms with Crippen molar-refractivity contribution in [2.24, 2.45) is 0 Å². The maximum Gasteiger partial charge on any atom is 0.229 e. The van der Waals surface area contributed by atoms with Crippen LogP contribution in [0.25, 0.3) is 0 Å². The number of hydrogen-bond acceptors (Lipinski definition) is 7. The summed E-state index contributed by atoms with van der Waals surface area (Å²) in [7, 11) is 0. The lowest BCUT2D eigenvalue weighted by molar-refractivity contribution is -0.350. The van der Waals surface area contributed by atoms with E-state index in [0.717, 1.165) is 5.56 Å². The van der Waals surface area contributed by atoms with Crippen molar-refractivity contribution in [3.05, 3.63) is 60.2 Å². The van der Waals surface area contributed by atoms with E-state index >= 15 is 0 Å². The Bertz CT molecular complexity index is 740. The highest BCUT2D eigenvalue weighted by Gasteiger charge is 2.49. The van der Waals surface area contributed by atoms with Crippen LogP contribution in [0.4, 0.5) is 5.69 Å². The van der Waals surface area contributed by atoms with Gasteiger partial charge in [-0.25, -0.2) is 0 Å². The number of nitrogens with two attached hydrogens (primary N) is 1. The van der Waals surface area contributed by atoms with Gasteiger partial charge in [0.05, 0.1) is 12.3 Å². The van der Waals surface area contributed by atoms with Crippen molar-refractivity contribution >= 4 is 5.69 Å². The van der Waals surface area contributed by atoms with E-state index in [4.69, 9.17) is 24.7 Å². The van der Waals surface area contributed by atoms with E-state index < -0.39 is 37.0 Å². The zero-order valence-electron chi connectivity index (χ0n) is 14.0. The third-order valence-electron chi connectivity index (χ3n) is 4.57. The molecular formula is C19H21NO6. The van der Waals surface area contributed by atoms with Gasteiger partial charge >= 0.3 is 0 Å². The van der Waals surface area contributed by atoms with Crippen LogP contribution in [0.5, 0.6) is 5.75 Å². The summed E-state index contributed by atoms with van der Waals surface area (Å²) in [6.07, 6.45) is -5.45. The van der Waals surface area contributed by atoms with Gasteiger partial charge in [-0.15, -0.1) is 0 Å². The van der Waals surface area contributed by atoms with E-state index in [1.165, 1.54) is 0 Å². The molecule has 7 nitrogen and oxygen atoms in total. The van der Waals surface area contributed by atoms with Gasteiger partial charge < -0.3 is 34.9 Å². The number of hydrogen-bond donors (Lipinski definition) is 3. The van der Waals surface area contributed by atoms with Crippen molar-refractivity contribution in [3.63, 3.8) is 0 Å². The fourth-order valence-corrected chi connectivity index (χ4v) is 3.17. The molecule has 0 amide bonds. The van der Waals surface area contributed by atoms with Gasteiger partial charge in [-0.1, -0.05) is 42.5 Å². The van der Waals surface area contributed by atoms with Crippen molar-refractivity contribution in [2.75, 3.05) is 12.3 Å². The van der Waals surface area contributed by atoms with Gasteiger partial charge in [0.25, 0.3) is 0 Å². The third-order valence-corrected chi connectivity index (χ3v) is 4.57. The summed E-state index contributed by atoms with van der Waals surface area (Å²) in [5, 5.41) is 21.0. The van der Waals surface area contributed by atoms with Gasteiger partial charge in [0.1, 0.15) is 30.2 Å². The van der Waals surface area contributed by atoms with Gasteiger partial charge in [0.2, 0.25) is 6.29 Å². The van der Waals surface area contributed by atoms with E-state index in [1.54, 1.807) is 24.3 Å². The Morgan fingerprint density at radius 1 is 0.923 bits per heavy atom. The van der Waals surface area contributed by atoms with Crippen molar-refractivity contribution in [1.82, 2.24) is 0 Å². The van der Waals surface area contributed by atoms with Crippen molar-refractivity contribution in [3.8, 4) is 5.75 Å². The van der Waals surface area contributed by atoms with Crippen LogP contribution in [0.3, 0.4) is 0 Å². The van der Waals surface area contributed by atoms with Gasteiger partial charge in [0.15, 0.2) is 6.29 Å². The van der Waals surface area contributed by atoms with Crippen LogP contribution < -0.4 is 10.5 Å². The van der Waals surface area contributed by atoms with E-state index in [9.17, 15) is 10.2 Å². The molecule has 0 saturated carbocycles. The van der Waals surface area contributed by atoms with Crippen LogP contribution in [-0.2, 0) is 14.2 Å². The Labute approximate surface area is 150 Å². The number of fused-ring (bicyclic) bond motifs is 1. The number of anilines is 1. The number of aliphatic hydroxyl groups excluding tert-OH is 2. The monoisotopic (exact) mass is 359 g/mol. The second-order valence-electron chi connectivity index (χ2n) is 6.36. The van der Waals surface area contributed by atoms with Crippen molar-refractivity contribution < 1.29 is 29.2 Å². The average Bonchev–Trinajstić information content (AvgIpc) is 2.68. The topological polar surface area (TPSA) is 103 Å². The van der Waals surface area contributed by atoms with Crippen LogP contribution in [0, 0.1) is 0 Å². The quantitative estimate of drug-likeness (QED) is 0.708. The molecule has 2 aliphatic rings. The first-order valence-electron chi connectivity index (χ1n) is 8.48. The summed E-state index contributed by atoms with van der Waals surface area (Å²) >= 11 is 0. The first-order valence-corrected chi connectivity index (χ1v) is 8.48. The van der Waals surface area contributed by atoms with E-state index in [2.05, 4.69) is 0 Å². The van der Waals surface area contributed by atoms with Gasteiger partial charge in [0, 0.05) is 5.56 Å². The second-order valence-corrected chi connectivity index (χ2v) is 6.36. The fourth-order valence-electron chi connectivity index (χ4n) is 3.17. The van der Waals surface area contributed by atoms with Crippen LogP contribution in [0.2, 0.25) is 0 Å². The average molecular weight is 359 g/mol. The van der Waals surface area contributed by atoms with Crippen molar-refractivity contribution in [1.29, 1.82) is 0 Å². The largest absolute Gasteiger partial charge is 0.460 e. The highest BCUT2D eigenvalue weighted by atomic mass is 16.8. The maximum atomic E-state index is 10.5. The molecule has 4 N–H and O–H groups in total. The molecule has 26 heavy (non-hydrogen) atoms. The number of benzene rings is 2. The number of aliphatic hydroxyl groups is 2. The molecule has 0 aliphatic carbocycles. The van der Waals surface area contributed by atoms with E-state index in [0.29, 0.717) is 11.4 Å². The summed E-state index contributed by atoms with van der Waals surface area (Å²) in [5.74, 6) is 0.377. The molecule has 138 valence electrons. The smallest absolute Gasteiger partial charge is 0.229 e. The Kier molecular flexibility index (Phi) is 4.80. The molecule has 0 aromatic heterocycles. The molecule has 0 radical (unpaired) electrons. The Balaban J connectivity index is 1.47. The molecule has 0 bridgehead atoms. The minimum Gasteiger partial charge on any atom is -0.460 e. The Hall–Kier alpha value is -2.16. The molecule has 2 aliphatic heterocycles. The Morgan fingerprint density at radius 3 is 2.42 bits per heavy atom. The number of ether oxygens (including phenoxy) is 4. The molecule has 2 fully saturated rings. The molecule has 6 atom stereocenters. The predicted octanol–water partition coefficient (Wildman–Crippen LogP) is 1.21. The van der Waals surface area contributed by atoms with Crippen LogP contribution in [0.1, 0.15) is 11.9 Å². The van der Waals surface area contributed by atoms with E-state index in [-0.39, 0.29) is 6.61 Å². The van der Waals surface area contributed by atoms with Gasteiger partial charge in [-0.2, -0.15) is 0 Å². The summed E-state index contributed by atoms with van der Waals surface area (Å²) in [4.78, 5) is 0. The summed E-state index contributed by atoms with van der Waals surface area (Å²) in [5.41, 5.74) is 7.11. The summed E-state index contributed by atoms with van der Waals surface area (Å²) in [6.45, 7) is 0.206. The van der Waals surface area contributed by atoms with Gasteiger partial charge in [-0.3, -0.25) is 0 Å². The third kappa shape index (κ3) is 3.27. The normalized spacial score (nSPS) is 34.1. The molecule has 2 aromatic rings. The number of para-hydroxylation sites is 2. The molecule has 2 heterocycles. The van der Waals surface area contributed by atoms with Crippen LogP contribution in [-0.4, -0.2) is 47.5 Å². The maximum absolute atomic E-state index is 10.5. The first-order chi connectivity index (χ1) is 12.6. The lowest BCUT2D eigenvalue weighted by Gasteiger charge is -2.46. The van der Waals surface area contributed by atoms with Crippen molar-refractivity contribution in [2.45, 2.75) is 37.0 Å². The molecular weight excluding hydrogens is 338 g/mol. The van der Waals surface area contributed by atoms with Crippen LogP contribution >= 0.6 is 0 Å². The summed E-state index contributed by atoms with van der Waals surface area (Å²) in [6, 6.07) is 16.3. The molecule has 2 aromatic carbocycles. The van der Waals surface area contributed by atoms with Crippen LogP contribution in [0.15, 0.2) is 54.6 Å². The van der Waals surface area contributed by atoms with E-state index in [1.807, 2.05) is 30.3 Å². The minimum absolute atomic E-state index is 0.206. The second kappa shape index (κ2) is 7.22. The number of nitrogen functional groups attached to an aromatic ring is 1. The molecule has 2 saturated heterocycles. The first kappa shape index (κ1) is 17.3. The predicted molar refractivity (Wildman–Crippen MR) is 92.2 cm³/mol. The fraction of sp³-hybridized carbons (Fsp3) is 0.368. The molecule has 7 heteroatoms. The standard InChI is InChI=1S/C19H21NO6/c20-12-8-4-5-9-13(12)24-19-16(22)15(21)17-14(25-19)10-23-18(26-17)11-6-2-1-3-7-11/h1-9,14-19,21-22H,10,20H2/t14-,15-,16-,17-,18?,19-/m1/s1. The SMILES string of the molecule is Nc1ccccc1O[C@@H]1O[C@@H]2COC(c3ccccc3)O[C@H]2[C@H](O)[C@H]1O. The van der Waals surface area contributed by atoms with Gasteiger partial charge in [-0.05, 0) is 12.1 Å². The number of rotatable bonds is 3. The lowest BCUT2D eigenvalue weighted by atomic mass is 9.98. The zero-order valence-corrected chi connectivity index (χ0v) is 14.0. The zero-order chi connectivity index (χ0) is 18.1. The molecule has 4 rings (SSSR count). The summed E-state index contributed by atoms with van der Waals surface area (Å²) < 4.78 is 23.0. The highest BCUT2D eigenvalue weighted by Crippen LogP contribution is 2.35. The highest BCUT2D eigenvalue weighted by molar-refractivity contribution is 5.51. The lowest BCUT2D eigenvalue weighted by Crippen LogP contribution is -2.62. The minimum atomic E-state index is -1.29. The molecule has 1 unspecified atom stereocenters. The Morgan fingerprint density at radius 2 is 1.65 bits per heavy atom. The molecule has 0 spiro atoms.